The van der Waals surface area contributed by atoms with E-state index in [1.54, 1.807) is 0 Å². The Bertz CT molecular complexity index is 1180. The fourth-order valence-electron chi connectivity index (χ4n) is 7.55. The smallest absolute Gasteiger partial charge is 0.462 e. The van der Waals surface area contributed by atoms with Crippen LogP contribution < -0.4 is 0 Å². The van der Waals surface area contributed by atoms with Gasteiger partial charge in [0, 0.05) is 12.8 Å². The van der Waals surface area contributed by atoms with Gasteiger partial charge >= 0.3 is 19.8 Å². The molecule has 0 aromatic heterocycles. The molecular weight excluding hydrogens is 815 g/mol. The van der Waals surface area contributed by atoms with Gasteiger partial charge in [0.1, 0.15) is 43.2 Å². The molecule has 0 aromatic rings. The summed E-state index contributed by atoms with van der Waals surface area (Å²) in [6.45, 7) is 3.29. The number of carbonyl (C=O) groups excluding carboxylic acids is 2. The molecule has 0 heterocycles. The normalized spacial score (nSPS) is 22.0. The summed E-state index contributed by atoms with van der Waals surface area (Å²) in [6, 6.07) is 0. The lowest BCUT2D eigenvalue weighted by Gasteiger charge is -2.41. The van der Waals surface area contributed by atoms with Gasteiger partial charge in [0.2, 0.25) is 0 Å². The third-order valence-corrected chi connectivity index (χ3v) is 12.5. The van der Waals surface area contributed by atoms with E-state index in [-0.39, 0.29) is 12.8 Å². The van der Waals surface area contributed by atoms with Crippen molar-refractivity contribution in [3.63, 3.8) is 0 Å². The molecule has 0 saturated heterocycles. The summed E-state index contributed by atoms with van der Waals surface area (Å²) in [4.78, 5) is 35.8. The standard InChI is InChI=1S/C48H89O13P/c1-3-5-7-9-11-13-15-17-19-20-21-22-23-25-27-29-31-33-35-37-42(50)60-40(39-59-62(56,57)61-48-46(54)44(52)43(51)45(53)47(48)55)38-58-41(49)36-34-32-30-28-26-24-18-16-14-12-10-8-6-4-2/h11,13,17,19,40,43-48,51-55H,3-10,12,14-16,18,20-39H2,1-2H3,(H,56,57)/b13-11+,19-17+/t40-,43?,44+,45?,46?,47?,48?/m1/s1. The Kier molecular flexibility index (Phi) is 36.3. The first-order valence-electron chi connectivity index (χ1n) is 24.6. The molecule has 1 saturated carbocycles. The summed E-state index contributed by atoms with van der Waals surface area (Å²) < 4.78 is 33.6. The van der Waals surface area contributed by atoms with E-state index in [0.29, 0.717) is 12.8 Å². The number of esters is 2. The first-order valence-corrected chi connectivity index (χ1v) is 26.1. The van der Waals surface area contributed by atoms with Crippen LogP contribution in [-0.2, 0) is 32.7 Å². The highest BCUT2D eigenvalue weighted by atomic mass is 31.2. The molecule has 364 valence electrons. The van der Waals surface area contributed by atoms with Crippen LogP contribution in [0.5, 0.6) is 0 Å². The van der Waals surface area contributed by atoms with Gasteiger partial charge in [-0.3, -0.25) is 18.6 Å². The number of phosphoric ester groups is 1. The lowest BCUT2D eigenvalue weighted by Crippen LogP contribution is -2.64. The highest BCUT2D eigenvalue weighted by Gasteiger charge is 2.51. The van der Waals surface area contributed by atoms with Gasteiger partial charge in [-0.15, -0.1) is 0 Å². The number of unbranched alkanes of at least 4 members (excludes halogenated alkanes) is 25. The van der Waals surface area contributed by atoms with Crippen LogP contribution in [-0.4, -0.2) is 98.3 Å². The van der Waals surface area contributed by atoms with Crippen LogP contribution in [0.15, 0.2) is 24.3 Å². The van der Waals surface area contributed by atoms with E-state index in [2.05, 4.69) is 38.2 Å². The zero-order valence-electron chi connectivity index (χ0n) is 38.7. The maximum atomic E-state index is 12.8. The van der Waals surface area contributed by atoms with Crippen LogP contribution in [0.4, 0.5) is 0 Å². The Balaban J connectivity index is 2.42. The molecule has 14 heteroatoms. The first kappa shape index (κ1) is 58.3. The number of aliphatic hydroxyl groups is 5. The van der Waals surface area contributed by atoms with Gasteiger partial charge in [-0.25, -0.2) is 4.57 Å². The van der Waals surface area contributed by atoms with Gasteiger partial charge in [-0.1, -0.05) is 179 Å². The Labute approximate surface area is 375 Å². The van der Waals surface area contributed by atoms with Crippen molar-refractivity contribution in [3.8, 4) is 0 Å². The minimum atomic E-state index is -5.12. The molecule has 62 heavy (non-hydrogen) atoms. The van der Waals surface area contributed by atoms with Crippen LogP contribution in [0.2, 0.25) is 0 Å². The number of hydrogen-bond donors (Lipinski definition) is 6. The third kappa shape index (κ3) is 30.5. The van der Waals surface area contributed by atoms with Gasteiger partial charge < -0.3 is 39.9 Å². The molecule has 1 aliphatic rings. The fraction of sp³-hybridized carbons (Fsp3) is 0.875. The van der Waals surface area contributed by atoms with Gasteiger partial charge in [0.05, 0.1) is 6.61 Å². The van der Waals surface area contributed by atoms with Crippen molar-refractivity contribution in [1.82, 2.24) is 0 Å². The molecule has 0 aliphatic heterocycles. The molecular formula is C48H89O13P. The molecule has 6 N–H and O–H groups in total. The van der Waals surface area contributed by atoms with Crippen molar-refractivity contribution in [3.05, 3.63) is 24.3 Å². The topological polar surface area (TPSA) is 210 Å². The number of ether oxygens (including phenoxy) is 2. The van der Waals surface area contributed by atoms with Crippen molar-refractivity contribution in [2.45, 2.75) is 256 Å². The molecule has 0 amide bonds. The van der Waals surface area contributed by atoms with Crippen molar-refractivity contribution in [1.29, 1.82) is 0 Å². The van der Waals surface area contributed by atoms with E-state index in [0.717, 1.165) is 57.8 Å². The van der Waals surface area contributed by atoms with Gasteiger partial charge in [0.15, 0.2) is 6.10 Å². The highest BCUT2D eigenvalue weighted by molar-refractivity contribution is 7.47. The van der Waals surface area contributed by atoms with E-state index in [1.165, 1.54) is 116 Å². The quantitative estimate of drug-likeness (QED) is 0.0146. The second-order valence-corrected chi connectivity index (χ2v) is 18.7. The Morgan fingerprint density at radius 2 is 0.871 bits per heavy atom. The van der Waals surface area contributed by atoms with Crippen molar-refractivity contribution in [2.75, 3.05) is 13.2 Å². The summed E-state index contributed by atoms with van der Waals surface area (Å²) >= 11 is 0. The minimum absolute atomic E-state index is 0.0947. The van der Waals surface area contributed by atoms with Crippen molar-refractivity contribution < 1.29 is 63.1 Å². The molecule has 1 fully saturated rings. The molecule has 6 unspecified atom stereocenters. The number of hydrogen-bond acceptors (Lipinski definition) is 12. The van der Waals surface area contributed by atoms with E-state index < -0.39 is 75.7 Å². The zero-order chi connectivity index (χ0) is 45.7. The zero-order valence-corrected chi connectivity index (χ0v) is 39.6. The fourth-order valence-corrected chi connectivity index (χ4v) is 8.53. The lowest BCUT2D eigenvalue weighted by atomic mass is 9.85. The Morgan fingerprint density at radius 1 is 0.500 bits per heavy atom. The third-order valence-electron chi connectivity index (χ3n) is 11.5. The Hall–Kier alpha value is -1.67. The number of aliphatic hydroxyl groups excluding tert-OH is 5. The summed E-state index contributed by atoms with van der Waals surface area (Å²) in [5.74, 6) is -1.09. The van der Waals surface area contributed by atoms with Gasteiger partial charge in [-0.2, -0.15) is 0 Å². The average Bonchev–Trinajstić information content (AvgIpc) is 3.25. The molecule has 0 bridgehead atoms. The van der Waals surface area contributed by atoms with E-state index in [1.807, 2.05) is 0 Å². The van der Waals surface area contributed by atoms with E-state index in [4.69, 9.17) is 18.5 Å². The van der Waals surface area contributed by atoms with Gasteiger partial charge in [0.25, 0.3) is 0 Å². The summed E-state index contributed by atoms with van der Waals surface area (Å²) in [5, 5.41) is 50.2. The maximum absolute atomic E-state index is 12.8. The first-order chi connectivity index (χ1) is 29.9. The maximum Gasteiger partial charge on any atom is 0.472 e. The minimum Gasteiger partial charge on any atom is -0.462 e. The predicted octanol–water partition coefficient (Wildman–Crippen LogP) is 10.0. The average molecular weight is 905 g/mol. The van der Waals surface area contributed by atoms with Gasteiger partial charge in [-0.05, 0) is 44.9 Å². The van der Waals surface area contributed by atoms with Crippen LogP contribution in [0, 0.1) is 0 Å². The second kappa shape index (κ2) is 38.6. The van der Waals surface area contributed by atoms with Crippen LogP contribution >= 0.6 is 7.82 Å². The molecule has 13 nitrogen and oxygen atoms in total. The SMILES string of the molecule is CCCCC/C=C/C/C=C/CCCCCCCCCCCC(=O)O[C@H](COC(=O)CCCCCCCCCCCCCCCC)COP(=O)(O)OC1C(O)C(O)C(O)[C@H](O)C1O. The number of carbonyl (C=O) groups is 2. The highest BCUT2D eigenvalue weighted by Crippen LogP contribution is 2.47. The molecule has 1 rings (SSSR count). The largest absolute Gasteiger partial charge is 0.472 e. The predicted molar refractivity (Wildman–Crippen MR) is 244 cm³/mol. The van der Waals surface area contributed by atoms with Crippen LogP contribution in [0.3, 0.4) is 0 Å². The number of phosphoric acid groups is 1. The van der Waals surface area contributed by atoms with E-state index >= 15 is 0 Å². The monoisotopic (exact) mass is 905 g/mol. The molecule has 0 aromatic carbocycles. The van der Waals surface area contributed by atoms with Crippen LogP contribution in [0.25, 0.3) is 0 Å². The molecule has 0 spiro atoms. The lowest BCUT2D eigenvalue weighted by molar-refractivity contribution is -0.220. The summed E-state index contributed by atoms with van der Waals surface area (Å²) in [7, 11) is -5.12. The van der Waals surface area contributed by atoms with Crippen molar-refractivity contribution in [2.24, 2.45) is 0 Å². The van der Waals surface area contributed by atoms with Crippen LogP contribution in [0.1, 0.15) is 213 Å². The van der Waals surface area contributed by atoms with E-state index in [9.17, 15) is 44.6 Å². The number of rotatable bonds is 41. The molecule has 8 atom stereocenters. The summed E-state index contributed by atoms with van der Waals surface area (Å²) in [5.41, 5.74) is 0. The molecule has 1 aliphatic carbocycles. The van der Waals surface area contributed by atoms with Crippen molar-refractivity contribution >= 4 is 19.8 Å². The number of allylic oxidation sites excluding steroid dienone is 4. The second-order valence-electron chi connectivity index (χ2n) is 17.3. The molecule has 0 radical (unpaired) electrons. The summed E-state index contributed by atoms with van der Waals surface area (Å²) in [6.07, 6.45) is 29.4. The Morgan fingerprint density at radius 3 is 1.34 bits per heavy atom.